The van der Waals surface area contributed by atoms with Crippen molar-refractivity contribution in [1.29, 1.82) is 0 Å². The largest absolute Gasteiger partial charge is 0.465 e. The number of esters is 1. The van der Waals surface area contributed by atoms with E-state index in [1.807, 2.05) is 19.2 Å². The lowest BCUT2D eigenvalue weighted by Gasteiger charge is -2.64. The topological polar surface area (TPSA) is 75.7 Å². The number of carbonyl (C=O) groups is 3. The Morgan fingerprint density at radius 3 is 2.24 bits per heavy atom. The monoisotopic (exact) mass is 684 g/mol. The third-order valence-corrected chi connectivity index (χ3v) is 15.6. The first-order valence-electron chi connectivity index (χ1n) is 19.7. The lowest BCUT2D eigenvalue weighted by Crippen LogP contribution is -2.60. The lowest BCUT2D eigenvalue weighted by atomic mass is 9.40. The molecule has 9 atom stereocenters. The van der Waals surface area contributed by atoms with E-state index in [0.717, 1.165) is 38.5 Å². The third-order valence-electron chi connectivity index (χ3n) is 15.6. The molecule has 0 aromatic heterocycles. The minimum Gasteiger partial charge on any atom is -0.465 e. The van der Waals surface area contributed by atoms with E-state index < -0.39 is 0 Å². The van der Waals surface area contributed by atoms with Gasteiger partial charge < -0.3 is 15.0 Å². The molecule has 50 heavy (non-hydrogen) atoms. The molecule has 6 heteroatoms. The predicted octanol–water partition coefficient (Wildman–Crippen LogP) is 9.11. The number of fused-ring (bicyclic) bond motifs is 7. The minimum atomic E-state index is -0.307. The number of ether oxygens (including phenoxy) is 1. The first-order valence-corrected chi connectivity index (χ1v) is 19.7. The van der Waals surface area contributed by atoms with Crippen LogP contribution in [0.15, 0.2) is 42.5 Å². The molecule has 5 aliphatic carbocycles. The molecular weight excluding hydrogens is 620 g/mol. The Morgan fingerprint density at radius 1 is 0.900 bits per heavy atom. The van der Waals surface area contributed by atoms with Gasteiger partial charge in [0.1, 0.15) is 0 Å². The average molecular weight is 685 g/mol. The van der Waals surface area contributed by atoms with Crippen molar-refractivity contribution in [1.82, 2.24) is 10.2 Å². The summed E-state index contributed by atoms with van der Waals surface area (Å²) >= 11 is 0. The van der Waals surface area contributed by atoms with Crippen LogP contribution < -0.4 is 5.32 Å². The van der Waals surface area contributed by atoms with E-state index >= 15 is 0 Å². The zero-order chi connectivity index (χ0) is 36.2. The summed E-state index contributed by atoms with van der Waals surface area (Å²) in [5, 5.41) is 3.39. The molecule has 1 aromatic carbocycles. The second-order valence-electron chi connectivity index (χ2n) is 18.2. The van der Waals surface area contributed by atoms with Crippen LogP contribution in [0.1, 0.15) is 128 Å². The molecule has 5 aliphatic rings. The zero-order valence-corrected chi connectivity index (χ0v) is 32.3. The number of allylic oxidation sites excluding steroid dienone is 3. The molecule has 1 aromatic rings. The fourth-order valence-electron chi connectivity index (χ4n) is 13.1. The summed E-state index contributed by atoms with van der Waals surface area (Å²) in [5.74, 6) is 3.24. The fourth-order valence-corrected chi connectivity index (χ4v) is 13.1. The smallest absolute Gasteiger partial charge is 0.337 e. The quantitative estimate of drug-likeness (QED) is 0.168. The Balaban J connectivity index is 1.27. The normalized spacial score (nSPS) is 37.1. The molecule has 4 saturated carbocycles. The van der Waals surface area contributed by atoms with Crippen LogP contribution in [0.5, 0.6) is 0 Å². The highest BCUT2D eigenvalue weighted by Crippen LogP contribution is 2.73. The molecular formula is C44H64N2O4. The standard InChI is InChI=1S/C44H64N2O4/c1-28(2)32-20-23-44(40(49)45-26-11-27-46(8)29(3)47)25-24-42(6)34-12-10-13-37-41(4,5)33(30-14-16-31(17-15-30)39(48)50-9)21-22-43(37,7)35(34)18-19-36(42)38(32)44/h14-17,21,32,34-38H,1,10-13,18-20,22-27H2,2-9H3,(H,45,49)/t32-,34-,35-,36+,37-,38+,42-,43+,44-/m0/s1. The van der Waals surface area contributed by atoms with Crippen molar-refractivity contribution >= 4 is 23.4 Å². The van der Waals surface area contributed by atoms with Gasteiger partial charge in [-0.3, -0.25) is 9.59 Å². The summed E-state index contributed by atoms with van der Waals surface area (Å²) in [4.78, 5) is 39.9. The highest BCUT2D eigenvalue weighted by molar-refractivity contribution is 5.90. The van der Waals surface area contributed by atoms with Gasteiger partial charge in [0.25, 0.3) is 0 Å². The van der Waals surface area contributed by atoms with Crippen molar-refractivity contribution in [2.75, 3.05) is 27.2 Å². The van der Waals surface area contributed by atoms with E-state index in [-0.39, 0.29) is 39.4 Å². The van der Waals surface area contributed by atoms with Crippen LogP contribution in [0, 0.1) is 57.2 Å². The van der Waals surface area contributed by atoms with Crippen LogP contribution in [-0.4, -0.2) is 49.9 Å². The number of methoxy groups -OCH3 is 1. The van der Waals surface area contributed by atoms with Crippen molar-refractivity contribution in [3.8, 4) is 0 Å². The Labute approximate surface area is 302 Å². The van der Waals surface area contributed by atoms with Gasteiger partial charge in [-0.1, -0.05) is 64.5 Å². The van der Waals surface area contributed by atoms with Gasteiger partial charge in [-0.05, 0) is 146 Å². The molecule has 6 rings (SSSR count). The summed E-state index contributed by atoms with van der Waals surface area (Å²) in [6.45, 7) is 19.8. The first kappa shape index (κ1) is 36.9. The van der Waals surface area contributed by atoms with Crippen LogP contribution in [0.25, 0.3) is 5.57 Å². The number of hydrogen-bond acceptors (Lipinski definition) is 4. The van der Waals surface area contributed by atoms with Gasteiger partial charge in [0.05, 0.1) is 18.1 Å². The van der Waals surface area contributed by atoms with Crippen molar-refractivity contribution in [2.45, 2.75) is 112 Å². The van der Waals surface area contributed by atoms with E-state index in [2.05, 4.69) is 64.7 Å². The van der Waals surface area contributed by atoms with Gasteiger partial charge in [0.15, 0.2) is 0 Å². The Bertz CT molecular complexity index is 1530. The maximum Gasteiger partial charge on any atom is 0.337 e. The zero-order valence-electron chi connectivity index (χ0n) is 32.3. The maximum atomic E-state index is 14.3. The second-order valence-corrected chi connectivity index (χ2v) is 18.2. The van der Waals surface area contributed by atoms with Crippen LogP contribution in [-0.2, 0) is 14.3 Å². The van der Waals surface area contributed by atoms with E-state index in [0.29, 0.717) is 54.2 Å². The summed E-state index contributed by atoms with van der Waals surface area (Å²) in [5.41, 5.74) is 4.65. The number of nitrogens with zero attached hydrogens (tertiary/aromatic N) is 1. The third kappa shape index (κ3) is 5.89. The van der Waals surface area contributed by atoms with Crippen molar-refractivity contribution in [2.24, 2.45) is 57.2 Å². The van der Waals surface area contributed by atoms with E-state index in [1.165, 1.54) is 55.9 Å². The number of carbonyl (C=O) groups excluding carboxylic acids is 3. The van der Waals surface area contributed by atoms with Crippen LogP contribution >= 0.6 is 0 Å². The summed E-state index contributed by atoms with van der Waals surface area (Å²) in [6, 6.07) is 8.05. The average Bonchev–Trinajstić information content (AvgIpc) is 3.41. The van der Waals surface area contributed by atoms with Crippen LogP contribution in [0.3, 0.4) is 0 Å². The van der Waals surface area contributed by atoms with Crippen molar-refractivity contribution in [3.63, 3.8) is 0 Å². The predicted molar refractivity (Wildman–Crippen MR) is 201 cm³/mol. The maximum absolute atomic E-state index is 14.3. The molecule has 0 radical (unpaired) electrons. The van der Waals surface area contributed by atoms with Gasteiger partial charge in [0.2, 0.25) is 11.8 Å². The molecule has 0 heterocycles. The van der Waals surface area contributed by atoms with E-state index in [1.54, 1.807) is 11.8 Å². The molecule has 4 fully saturated rings. The number of hydrogen-bond donors (Lipinski definition) is 1. The number of nitrogens with one attached hydrogen (secondary N) is 1. The van der Waals surface area contributed by atoms with E-state index in [9.17, 15) is 14.4 Å². The highest BCUT2D eigenvalue weighted by atomic mass is 16.5. The summed E-state index contributed by atoms with van der Waals surface area (Å²) in [7, 11) is 3.27. The summed E-state index contributed by atoms with van der Waals surface area (Å²) in [6.07, 6.45) is 14.8. The number of amides is 2. The first-order chi connectivity index (χ1) is 23.6. The molecule has 0 spiro atoms. The van der Waals surface area contributed by atoms with Gasteiger partial charge in [-0.15, -0.1) is 0 Å². The molecule has 0 unspecified atom stereocenters. The van der Waals surface area contributed by atoms with Gasteiger partial charge in [-0.25, -0.2) is 4.79 Å². The fraction of sp³-hybridized carbons (Fsp3) is 0.705. The molecule has 1 N–H and O–H groups in total. The summed E-state index contributed by atoms with van der Waals surface area (Å²) < 4.78 is 4.96. The number of rotatable bonds is 8. The Kier molecular flexibility index (Phi) is 10.0. The minimum absolute atomic E-state index is 0.0158. The molecule has 0 bridgehead atoms. The van der Waals surface area contributed by atoms with Crippen molar-refractivity contribution in [3.05, 3.63) is 53.6 Å². The molecule has 0 aliphatic heterocycles. The molecule has 6 nitrogen and oxygen atoms in total. The molecule has 0 saturated heterocycles. The lowest BCUT2D eigenvalue weighted by molar-refractivity contribution is -0.163. The Hall–Kier alpha value is -2.89. The van der Waals surface area contributed by atoms with Crippen LogP contribution in [0.2, 0.25) is 0 Å². The van der Waals surface area contributed by atoms with Gasteiger partial charge >= 0.3 is 5.97 Å². The molecule has 2 amide bonds. The highest BCUT2D eigenvalue weighted by Gasteiger charge is 2.67. The van der Waals surface area contributed by atoms with Crippen molar-refractivity contribution < 1.29 is 19.1 Å². The van der Waals surface area contributed by atoms with E-state index in [4.69, 9.17) is 4.74 Å². The van der Waals surface area contributed by atoms with Gasteiger partial charge in [0, 0.05) is 27.1 Å². The Morgan fingerprint density at radius 2 is 1.58 bits per heavy atom. The molecule has 274 valence electrons. The van der Waals surface area contributed by atoms with Crippen LogP contribution in [0.4, 0.5) is 0 Å². The SMILES string of the molecule is C=C(C)[C@@H]1CC[C@]2(C(=O)NCCCN(C)C(C)=O)CC[C@]3(C)[C@H](CC[C@H]4[C@@H]3CCC[C@H]3C(C)(C)C(c5ccc(C(=O)OC)cc5)=CC[C@]43C)[C@@H]12. The number of benzene rings is 1. The second kappa shape index (κ2) is 13.6. The van der Waals surface area contributed by atoms with Gasteiger partial charge in [-0.2, -0.15) is 0 Å².